The second-order valence-corrected chi connectivity index (χ2v) is 10.3. The summed E-state index contributed by atoms with van der Waals surface area (Å²) in [6, 6.07) is 3.81. The summed E-state index contributed by atoms with van der Waals surface area (Å²) in [7, 11) is -3.41. The van der Waals surface area contributed by atoms with Crippen molar-refractivity contribution in [3.8, 4) is 20.5 Å². The molecule has 3 aromatic rings. The molecule has 0 saturated carbocycles. The van der Waals surface area contributed by atoms with E-state index in [9.17, 15) is 8.42 Å². The van der Waals surface area contributed by atoms with Crippen molar-refractivity contribution >= 4 is 43.4 Å². The van der Waals surface area contributed by atoms with Crippen LogP contribution in [-0.4, -0.2) is 48.5 Å². The Kier molecular flexibility index (Phi) is 5.61. The highest BCUT2D eigenvalue weighted by Gasteiger charge is 2.32. The van der Waals surface area contributed by atoms with Gasteiger partial charge < -0.3 is 4.84 Å². The van der Waals surface area contributed by atoms with Crippen LogP contribution in [0.1, 0.15) is 25.5 Å². The van der Waals surface area contributed by atoms with Gasteiger partial charge >= 0.3 is 0 Å². The molecule has 152 valence electrons. The summed E-state index contributed by atoms with van der Waals surface area (Å²) in [5.74, 6) is 0. The Hall–Kier alpha value is -2.37. The molecule has 0 bridgehead atoms. The standard InChI is InChI=1S/C18H19N5O3S3/c1-3-9-26-22-13-6-8-23(29(2,24)25)18-15(13)21-17(28-18)14-11-20-16(27-14)12-5-4-7-19-10-12/h4-5,7,10-11H,3,6,8-9H2,1-2H3/b22-13+. The van der Waals surface area contributed by atoms with Gasteiger partial charge in [0.1, 0.15) is 33.0 Å². The number of sulfonamides is 1. The maximum absolute atomic E-state index is 12.3. The Balaban J connectivity index is 1.74. The fourth-order valence-corrected chi connectivity index (χ4v) is 6.11. The molecule has 8 nitrogen and oxygen atoms in total. The van der Waals surface area contributed by atoms with Crippen molar-refractivity contribution in [2.45, 2.75) is 19.8 Å². The number of pyridine rings is 1. The first-order valence-corrected chi connectivity index (χ1v) is 12.5. The summed E-state index contributed by atoms with van der Waals surface area (Å²) in [5, 5.41) is 6.33. The maximum Gasteiger partial charge on any atom is 0.232 e. The topological polar surface area (TPSA) is 97.6 Å². The molecule has 0 saturated heterocycles. The van der Waals surface area contributed by atoms with E-state index in [1.165, 1.54) is 33.2 Å². The van der Waals surface area contributed by atoms with Gasteiger partial charge in [-0.1, -0.05) is 23.4 Å². The van der Waals surface area contributed by atoms with Crippen LogP contribution in [0.15, 0.2) is 35.9 Å². The zero-order chi connectivity index (χ0) is 20.4. The van der Waals surface area contributed by atoms with Gasteiger partial charge in [-0.05, 0) is 18.6 Å². The molecule has 0 aliphatic carbocycles. The lowest BCUT2D eigenvalue weighted by Gasteiger charge is -2.25. The van der Waals surface area contributed by atoms with Crippen LogP contribution in [0.4, 0.5) is 5.00 Å². The number of aromatic nitrogens is 3. The second-order valence-electron chi connectivity index (χ2n) is 6.40. The molecule has 4 heterocycles. The monoisotopic (exact) mass is 449 g/mol. The lowest BCUT2D eigenvalue weighted by Crippen LogP contribution is -2.36. The first-order chi connectivity index (χ1) is 14.0. The summed E-state index contributed by atoms with van der Waals surface area (Å²) in [5.41, 5.74) is 2.17. The normalized spacial score (nSPS) is 15.5. The predicted octanol–water partition coefficient (Wildman–Crippen LogP) is 3.63. The number of rotatable bonds is 6. The molecule has 0 radical (unpaired) electrons. The Bertz CT molecular complexity index is 1140. The van der Waals surface area contributed by atoms with Crippen molar-refractivity contribution in [2.75, 3.05) is 23.7 Å². The smallest absolute Gasteiger partial charge is 0.232 e. The lowest BCUT2D eigenvalue weighted by molar-refractivity contribution is 0.144. The molecule has 0 amide bonds. The molecule has 0 N–H and O–H groups in total. The molecular weight excluding hydrogens is 430 g/mol. The van der Waals surface area contributed by atoms with E-state index >= 15 is 0 Å². The van der Waals surface area contributed by atoms with Crippen LogP contribution in [0, 0.1) is 0 Å². The zero-order valence-corrected chi connectivity index (χ0v) is 18.4. The quantitative estimate of drug-likeness (QED) is 0.421. The number of hydrogen-bond donors (Lipinski definition) is 0. The first kappa shape index (κ1) is 19.9. The highest BCUT2D eigenvalue weighted by molar-refractivity contribution is 7.92. The zero-order valence-electron chi connectivity index (χ0n) is 15.9. The SMILES string of the molecule is CCCO/N=C1\CCN(S(C)(=O)=O)c2sc(-c3cnc(-c4cccnc4)s3)nc21. The Morgan fingerprint density at radius 3 is 2.86 bits per heavy atom. The summed E-state index contributed by atoms with van der Waals surface area (Å²) >= 11 is 2.82. The van der Waals surface area contributed by atoms with Crippen molar-refractivity contribution in [3.05, 3.63) is 36.4 Å². The van der Waals surface area contributed by atoms with E-state index in [1.54, 1.807) is 18.6 Å². The van der Waals surface area contributed by atoms with Crippen LogP contribution < -0.4 is 4.31 Å². The van der Waals surface area contributed by atoms with Crippen LogP contribution >= 0.6 is 22.7 Å². The third-order valence-electron chi connectivity index (χ3n) is 4.16. The van der Waals surface area contributed by atoms with Gasteiger partial charge in [-0.25, -0.2) is 18.4 Å². The van der Waals surface area contributed by atoms with Gasteiger partial charge in [0.05, 0.1) is 11.1 Å². The molecule has 29 heavy (non-hydrogen) atoms. The minimum Gasteiger partial charge on any atom is -0.396 e. The van der Waals surface area contributed by atoms with Crippen LogP contribution in [0.2, 0.25) is 0 Å². The van der Waals surface area contributed by atoms with Gasteiger partial charge in [0.15, 0.2) is 0 Å². The summed E-state index contributed by atoms with van der Waals surface area (Å²) < 4.78 is 25.9. The third kappa shape index (κ3) is 4.16. The molecule has 0 aromatic carbocycles. The molecule has 11 heteroatoms. The van der Waals surface area contributed by atoms with Crippen molar-refractivity contribution in [1.82, 2.24) is 15.0 Å². The number of hydrogen-bond acceptors (Lipinski definition) is 9. The van der Waals surface area contributed by atoms with Gasteiger partial charge in [0.2, 0.25) is 10.0 Å². The van der Waals surface area contributed by atoms with Gasteiger partial charge in [-0.15, -0.1) is 11.3 Å². The summed E-state index contributed by atoms with van der Waals surface area (Å²) in [6.07, 6.45) is 7.74. The molecule has 4 rings (SSSR count). The molecule has 0 spiro atoms. The number of oxime groups is 1. The molecule has 0 atom stereocenters. The maximum atomic E-state index is 12.3. The molecule has 1 aliphatic heterocycles. The molecule has 1 aliphatic rings. The fourth-order valence-electron chi connectivity index (χ4n) is 2.82. The molecule has 0 unspecified atom stereocenters. The van der Waals surface area contributed by atoms with Crippen molar-refractivity contribution in [3.63, 3.8) is 0 Å². The third-order valence-corrected chi connectivity index (χ3v) is 7.73. The minimum absolute atomic E-state index is 0.325. The minimum atomic E-state index is -3.41. The van der Waals surface area contributed by atoms with Crippen molar-refractivity contribution < 1.29 is 13.3 Å². The van der Waals surface area contributed by atoms with Crippen molar-refractivity contribution in [1.29, 1.82) is 0 Å². The van der Waals surface area contributed by atoms with Gasteiger partial charge in [0, 0.05) is 37.1 Å². The number of fused-ring (bicyclic) bond motifs is 1. The van der Waals surface area contributed by atoms with E-state index in [-0.39, 0.29) is 0 Å². The Labute approximate surface area is 177 Å². The molecule has 0 fully saturated rings. The fraction of sp³-hybridized carbons (Fsp3) is 0.333. The average molecular weight is 450 g/mol. The van der Waals surface area contributed by atoms with Gasteiger partial charge in [0.25, 0.3) is 0 Å². The molecular formula is C18H19N5O3S3. The summed E-state index contributed by atoms with van der Waals surface area (Å²) in [4.78, 5) is 19.5. The van der Waals surface area contributed by atoms with E-state index in [0.717, 1.165) is 21.9 Å². The molecule has 3 aromatic heterocycles. The van der Waals surface area contributed by atoms with Crippen LogP contribution in [0.25, 0.3) is 20.5 Å². The van der Waals surface area contributed by atoms with Crippen LogP contribution in [0.5, 0.6) is 0 Å². The Morgan fingerprint density at radius 2 is 2.14 bits per heavy atom. The van der Waals surface area contributed by atoms with Crippen LogP contribution in [-0.2, 0) is 14.9 Å². The second kappa shape index (κ2) is 8.17. The average Bonchev–Trinajstić information content (AvgIpc) is 3.35. The number of anilines is 1. The number of nitrogens with zero attached hydrogens (tertiary/aromatic N) is 5. The van der Waals surface area contributed by atoms with Crippen molar-refractivity contribution in [2.24, 2.45) is 5.16 Å². The first-order valence-electron chi connectivity index (χ1n) is 9.01. The largest absolute Gasteiger partial charge is 0.396 e. The van der Waals surface area contributed by atoms with Gasteiger partial charge in [-0.2, -0.15) is 0 Å². The van der Waals surface area contributed by atoms with E-state index < -0.39 is 10.0 Å². The Morgan fingerprint density at radius 1 is 1.28 bits per heavy atom. The lowest BCUT2D eigenvalue weighted by atomic mass is 10.1. The van der Waals surface area contributed by atoms with E-state index in [4.69, 9.17) is 9.82 Å². The summed E-state index contributed by atoms with van der Waals surface area (Å²) in [6.45, 7) is 2.84. The predicted molar refractivity (Wildman–Crippen MR) is 116 cm³/mol. The highest BCUT2D eigenvalue weighted by Crippen LogP contribution is 2.41. The number of thiazole rings is 2. The van der Waals surface area contributed by atoms with E-state index in [2.05, 4.69) is 15.1 Å². The van der Waals surface area contributed by atoms with E-state index in [1.807, 2.05) is 19.1 Å². The van der Waals surface area contributed by atoms with Gasteiger partial charge in [-0.3, -0.25) is 9.29 Å². The van der Waals surface area contributed by atoms with E-state index in [0.29, 0.717) is 41.0 Å². The highest BCUT2D eigenvalue weighted by atomic mass is 32.2. The van der Waals surface area contributed by atoms with Crippen LogP contribution in [0.3, 0.4) is 0 Å².